The highest BCUT2D eigenvalue weighted by Crippen LogP contribution is 2.18. The number of nitrogens with zero attached hydrogens (tertiary/aromatic N) is 1. The number of halogens is 1. The summed E-state index contributed by atoms with van der Waals surface area (Å²) >= 11 is 0. The maximum absolute atomic E-state index is 12.2. The van der Waals surface area contributed by atoms with Gasteiger partial charge in [-0.15, -0.1) is 12.4 Å². The predicted molar refractivity (Wildman–Crippen MR) is 89.3 cm³/mol. The van der Waals surface area contributed by atoms with Gasteiger partial charge in [0.05, 0.1) is 12.1 Å². The summed E-state index contributed by atoms with van der Waals surface area (Å²) in [5.41, 5.74) is 0.984. The molecule has 9 heteroatoms. The number of carbonyl (C=O) groups excluding carboxylic acids is 3. The lowest BCUT2D eigenvalue weighted by atomic mass is 10.0. The summed E-state index contributed by atoms with van der Waals surface area (Å²) in [5.74, 6) is -0.624. The van der Waals surface area contributed by atoms with E-state index < -0.39 is 12.1 Å². The van der Waals surface area contributed by atoms with Gasteiger partial charge in [-0.2, -0.15) is 0 Å². The molecule has 2 aliphatic heterocycles. The van der Waals surface area contributed by atoms with Gasteiger partial charge in [-0.05, 0) is 37.2 Å². The summed E-state index contributed by atoms with van der Waals surface area (Å²) in [6.07, 6.45) is 0.0624. The number of aliphatic hydroxyl groups excluding tert-OH is 1. The Morgan fingerprint density at radius 1 is 1.25 bits per heavy atom. The van der Waals surface area contributed by atoms with Crippen molar-refractivity contribution >= 4 is 35.9 Å². The Labute approximate surface area is 145 Å². The second kappa shape index (κ2) is 7.61. The number of nitrogens with one attached hydrogen (secondary N) is 3. The number of hydrogen-bond donors (Lipinski definition) is 4. The zero-order valence-corrected chi connectivity index (χ0v) is 13.6. The fraction of sp³-hybridized carbons (Fsp3) is 0.400. The van der Waals surface area contributed by atoms with Crippen LogP contribution in [0.15, 0.2) is 24.3 Å². The molecule has 24 heavy (non-hydrogen) atoms. The maximum atomic E-state index is 12.2. The Balaban J connectivity index is 0.00000208. The van der Waals surface area contributed by atoms with Crippen LogP contribution in [-0.4, -0.2) is 54.7 Å². The van der Waals surface area contributed by atoms with E-state index in [-0.39, 0.29) is 36.8 Å². The van der Waals surface area contributed by atoms with E-state index in [1.807, 2.05) is 0 Å². The first-order chi connectivity index (χ1) is 11.0. The molecule has 4 amide bonds. The van der Waals surface area contributed by atoms with E-state index in [9.17, 15) is 19.5 Å². The Bertz CT molecular complexity index is 637. The third-order valence-electron chi connectivity index (χ3n) is 4.00. The van der Waals surface area contributed by atoms with E-state index in [2.05, 4.69) is 16.0 Å². The molecule has 0 radical (unpaired) electrons. The highest BCUT2D eigenvalue weighted by molar-refractivity contribution is 6.12. The fourth-order valence-corrected chi connectivity index (χ4v) is 2.71. The molecule has 0 unspecified atom stereocenters. The van der Waals surface area contributed by atoms with Gasteiger partial charge in [0.15, 0.2) is 0 Å². The third-order valence-corrected chi connectivity index (χ3v) is 4.00. The lowest BCUT2D eigenvalue weighted by Crippen LogP contribution is -2.52. The van der Waals surface area contributed by atoms with Crippen LogP contribution in [0.1, 0.15) is 16.8 Å². The van der Waals surface area contributed by atoms with Crippen LogP contribution < -0.4 is 20.9 Å². The molecule has 4 N–H and O–H groups in total. The van der Waals surface area contributed by atoms with Gasteiger partial charge in [-0.3, -0.25) is 19.8 Å². The number of hydrogen-bond acceptors (Lipinski definition) is 5. The predicted octanol–water partition coefficient (Wildman–Crippen LogP) is -0.383. The lowest BCUT2D eigenvalue weighted by molar-refractivity contribution is -0.117. The van der Waals surface area contributed by atoms with Gasteiger partial charge in [0.25, 0.3) is 5.91 Å². The number of benzene rings is 1. The van der Waals surface area contributed by atoms with Crippen LogP contribution in [-0.2, 0) is 4.79 Å². The van der Waals surface area contributed by atoms with Gasteiger partial charge in [0, 0.05) is 17.8 Å². The van der Waals surface area contributed by atoms with Crippen molar-refractivity contribution < 1.29 is 19.5 Å². The van der Waals surface area contributed by atoms with Crippen molar-refractivity contribution in [2.75, 3.05) is 24.5 Å². The smallest absolute Gasteiger partial charge is 0.329 e. The first-order valence-electron chi connectivity index (χ1n) is 7.45. The zero-order valence-electron chi connectivity index (χ0n) is 12.8. The van der Waals surface area contributed by atoms with Crippen molar-refractivity contribution in [3.8, 4) is 0 Å². The molecule has 130 valence electrons. The Hall–Kier alpha value is -2.16. The highest BCUT2D eigenvalue weighted by atomic mass is 35.5. The summed E-state index contributed by atoms with van der Waals surface area (Å²) in [6.45, 7) is 1.19. The average molecular weight is 355 g/mol. The van der Waals surface area contributed by atoms with E-state index in [1.54, 1.807) is 24.3 Å². The molecule has 0 spiro atoms. The summed E-state index contributed by atoms with van der Waals surface area (Å²) in [7, 11) is 0. The molecule has 8 nitrogen and oxygen atoms in total. The van der Waals surface area contributed by atoms with Crippen molar-refractivity contribution in [2.24, 2.45) is 0 Å². The average Bonchev–Trinajstić information content (AvgIpc) is 2.88. The van der Waals surface area contributed by atoms with Crippen LogP contribution in [0.5, 0.6) is 0 Å². The number of imide groups is 1. The first-order valence-corrected chi connectivity index (χ1v) is 7.45. The van der Waals surface area contributed by atoms with Crippen LogP contribution in [0.3, 0.4) is 0 Å². The third kappa shape index (κ3) is 3.84. The van der Waals surface area contributed by atoms with Gasteiger partial charge < -0.3 is 15.7 Å². The normalized spacial score (nSPS) is 23.5. The number of β-amino-alcohol motifs (C(OH)–C–C–N with tert-alkyl or cyclic N) is 1. The zero-order chi connectivity index (χ0) is 16.4. The van der Waals surface area contributed by atoms with Crippen LogP contribution in [0.4, 0.5) is 10.5 Å². The van der Waals surface area contributed by atoms with Crippen molar-refractivity contribution in [2.45, 2.75) is 18.6 Å². The van der Waals surface area contributed by atoms with Gasteiger partial charge >= 0.3 is 6.03 Å². The second-order valence-electron chi connectivity index (χ2n) is 5.63. The molecule has 0 aliphatic carbocycles. The van der Waals surface area contributed by atoms with Gasteiger partial charge in [0.1, 0.15) is 6.54 Å². The number of amides is 4. The van der Waals surface area contributed by atoms with Crippen LogP contribution >= 0.6 is 12.4 Å². The molecule has 0 bridgehead atoms. The summed E-state index contributed by atoms with van der Waals surface area (Å²) in [5, 5.41) is 17.9. The molecule has 2 atom stereocenters. The van der Waals surface area contributed by atoms with Crippen molar-refractivity contribution in [1.29, 1.82) is 0 Å². The second-order valence-corrected chi connectivity index (χ2v) is 5.63. The molecular formula is C15H19ClN4O4. The molecular weight excluding hydrogens is 336 g/mol. The molecule has 3 rings (SSSR count). The molecule has 2 fully saturated rings. The fourth-order valence-electron chi connectivity index (χ4n) is 2.71. The lowest BCUT2D eigenvalue weighted by Gasteiger charge is -2.29. The number of carbonyl (C=O) groups is 3. The Kier molecular flexibility index (Phi) is 5.76. The standard InChI is InChI=1S/C15H18N4O4.ClH/c20-12-7-16-6-5-11(12)17-14(22)9-1-3-10(4-2-9)19-8-13(21)18-15(19)23;/h1-4,11-12,16,20H,5-8H2,(H,17,22)(H,18,21,23);1H/t11-,12-;/m1./s1. The maximum Gasteiger partial charge on any atom is 0.329 e. The molecule has 2 saturated heterocycles. The number of piperidine rings is 1. The summed E-state index contributed by atoms with van der Waals surface area (Å²) in [6, 6.07) is 5.68. The Morgan fingerprint density at radius 3 is 2.54 bits per heavy atom. The van der Waals surface area contributed by atoms with Crippen LogP contribution in [0, 0.1) is 0 Å². The largest absolute Gasteiger partial charge is 0.390 e. The topological polar surface area (TPSA) is 111 Å². The molecule has 1 aromatic carbocycles. The molecule has 2 aliphatic rings. The molecule has 0 saturated carbocycles. The van der Waals surface area contributed by atoms with Gasteiger partial charge in [-0.25, -0.2) is 4.79 Å². The number of anilines is 1. The molecule has 0 aromatic heterocycles. The quantitative estimate of drug-likeness (QED) is 0.553. The minimum Gasteiger partial charge on any atom is -0.390 e. The number of urea groups is 1. The van der Waals surface area contributed by atoms with E-state index in [0.717, 1.165) is 6.54 Å². The SMILES string of the molecule is Cl.O=C1CN(c2ccc(C(=O)N[C@@H]3CCNC[C@H]3O)cc2)C(=O)N1. The van der Waals surface area contributed by atoms with E-state index >= 15 is 0 Å². The van der Waals surface area contributed by atoms with Gasteiger partial charge in [0.2, 0.25) is 5.91 Å². The molecule has 1 aromatic rings. The highest BCUT2D eigenvalue weighted by Gasteiger charge is 2.28. The van der Waals surface area contributed by atoms with E-state index in [4.69, 9.17) is 0 Å². The molecule has 2 heterocycles. The van der Waals surface area contributed by atoms with E-state index in [0.29, 0.717) is 24.2 Å². The minimum absolute atomic E-state index is 0. The number of aliphatic hydroxyl groups is 1. The number of rotatable bonds is 3. The van der Waals surface area contributed by atoms with E-state index in [1.165, 1.54) is 4.90 Å². The monoisotopic (exact) mass is 354 g/mol. The first kappa shape index (κ1) is 18.2. The van der Waals surface area contributed by atoms with Crippen molar-refractivity contribution in [3.63, 3.8) is 0 Å². The Morgan fingerprint density at radius 2 is 1.96 bits per heavy atom. The van der Waals surface area contributed by atoms with Crippen molar-refractivity contribution in [3.05, 3.63) is 29.8 Å². The summed E-state index contributed by atoms with van der Waals surface area (Å²) in [4.78, 5) is 36.3. The van der Waals surface area contributed by atoms with Gasteiger partial charge in [-0.1, -0.05) is 0 Å². The summed E-state index contributed by atoms with van der Waals surface area (Å²) < 4.78 is 0. The van der Waals surface area contributed by atoms with Crippen molar-refractivity contribution in [1.82, 2.24) is 16.0 Å². The minimum atomic E-state index is -0.605. The van der Waals surface area contributed by atoms with Crippen LogP contribution in [0.2, 0.25) is 0 Å². The van der Waals surface area contributed by atoms with Crippen LogP contribution in [0.25, 0.3) is 0 Å².